The van der Waals surface area contributed by atoms with Gasteiger partial charge in [0.25, 0.3) is 0 Å². The maximum atomic E-state index is 4.85. The van der Waals surface area contributed by atoms with Crippen LogP contribution in [-0.4, -0.2) is 50.7 Å². The maximum Gasteiger partial charge on any atom is 0.131 e. The molecule has 4 nitrogen and oxygen atoms in total. The Morgan fingerprint density at radius 3 is 1.50 bits per heavy atom. The van der Waals surface area contributed by atoms with Gasteiger partial charge in [0.05, 0.1) is 6.67 Å². The van der Waals surface area contributed by atoms with Crippen molar-refractivity contribution in [1.82, 2.24) is 20.9 Å². The van der Waals surface area contributed by atoms with Crippen LogP contribution in [-0.2, 0) is 0 Å². The van der Waals surface area contributed by atoms with Crippen molar-refractivity contribution in [2.75, 3.05) is 32.8 Å². The number of hydrogen-bond acceptors (Lipinski definition) is 4. The van der Waals surface area contributed by atoms with Crippen molar-refractivity contribution in [1.29, 1.82) is 0 Å². The van der Waals surface area contributed by atoms with Gasteiger partial charge < -0.3 is 16.0 Å². The molecular formula is C8H16N4S6. The van der Waals surface area contributed by atoms with E-state index in [1.807, 2.05) is 0 Å². The van der Waals surface area contributed by atoms with Crippen LogP contribution in [0.1, 0.15) is 0 Å². The zero-order valence-corrected chi connectivity index (χ0v) is 14.7. The fourth-order valence-corrected chi connectivity index (χ4v) is 1.65. The molecule has 0 atom stereocenters. The van der Waals surface area contributed by atoms with E-state index in [1.165, 1.54) is 0 Å². The van der Waals surface area contributed by atoms with E-state index in [2.05, 4.69) is 58.7 Å². The third-order valence-corrected chi connectivity index (χ3v) is 2.77. The summed E-state index contributed by atoms with van der Waals surface area (Å²) < 4.78 is 1.44. The van der Waals surface area contributed by atoms with Crippen LogP contribution in [0.4, 0.5) is 0 Å². The first-order chi connectivity index (χ1) is 8.41. The summed E-state index contributed by atoms with van der Waals surface area (Å²) in [6.07, 6.45) is 0. The van der Waals surface area contributed by atoms with Gasteiger partial charge in [-0.1, -0.05) is 36.7 Å². The summed E-state index contributed by atoms with van der Waals surface area (Å²) >= 11 is 26.5. The Morgan fingerprint density at radius 2 is 1.17 bits per heavy atom. The molecule has 0 unspecified atom stereocenters. The normalized spacial score (nSPS) is 10.0. The lowest BCUT2D eigenvalue weighted by atomic mass is 10.5. The van der Waals surface area contributed by atoms with Crippen molar-refractivity contribution in [2.45, 2.75) is 0 Å². The summed E-state index contributed by atoms with van der Waals surface area (Å²) in [5.41, 5.74) is 0. The van der Waals surface area contributed by atoms with E-state index in [-0.39, 0.29) is 0 Å². The van der Waals surface area contributed by atoms with Crippen LogP contribution in [0.3, 0.4) is 0 Å². The lowest BCUT2D eigenvalue weighted by Crippen LogP contribution is -2.43. The van der Waals surface area contributed by atoms with Gasteiger partial charge in [-0.05, 0) is 0 Å². The van der Waals surface area contributed by atoms with Crippen molar-refractivity contribution >= 4 is 87.5 Å². The molecule has 0 aromatic heterocycles. The minimum absolute atomic E-state index is 0.468. The average Bonchev–Trinajstić information content (AvgIpc) is 2.24. The maximum absolute atomic E-state index is 4.85. The van der Waals surface area contributed by atoms with Gasteiger partial charge in [-0.25, -0.2) is 0 Å². The summed E-state index contributed by atoms with van der Waals surface area (Å²) in [6.45, 7) is 3.64. The zero-order valence-electron chi connectivity index (χ0n) is 9.55. The molecule has 0 aromatic rings. The zero-order chi connectivity index (χ0) is 14.0. The second-order valence-corrected chi connectivity index (χ2v) is 6.70. The van der Waals surface area contributed by atoms with Crippen molar-refractivity contribution in [3.05, 3.63) is 0 Å². The molecule has 0 aliphatic carbocycles. The molecule has 18 heavy (non-hydrogen) atoms. The molecule has 104 valence electrons. The van der Waals surface area contributed by atoms with Gasteiger partial charge in [0.15, 0.2) is 0 Å². The molecule has 0 saturated carbocycles. The molecule has 0 aromatic carbocycles. The molecule has 0 aliphatic rings. The fourth-order valence-electron chi connectivity index (χ4n) is 1.09. The van der Waals surface area contributed by atoms with E-state index in [4.69, 9.17) is 36.7 Å². The van der Waals surface area contributed by atoms with Crippen LogP contribution < -0.4 is 16.0 Å². The Bertz CT molecular complexity index is 277. The van der Waals surface area contributed by atoms with Gasteiger partial charge in [-0.3, -0.25) is 4.90 Å². The monoisotopic (exact) mass is 360 g/mol. The SMILES string of the molecule is S=C(S)NCCN(CCNC(=S)S)CNC(=S)S. The summed E-state index contributed by atoms with van der Waals surface area (Å²) in [7, 11) is 0. The van der Waals surface area contributed by atoms with Crippen molar-refractivity contribution in [3.8, 4) is 0 Å². The summed E-state index contributed by atoms with van der Waals surface area (Å²) in [6, 6.07) is 0. The number of thiocarbonyl (C=S) groups is 3. The highest BCUT2D eigenvalue weighted by molar-refractivity contribution is 8.11. The molecule has 0 saturated heterocycles. The Hall–Kier alpha value is 0.680. The van der Waals surface area contributed by atoms with Gasteiger partial charge in [0.1, 0.15) is 13.0 Å². The van der Waals surface area contributed by atoms with E-state index < -0.39 is 0 Å². The van der Waals surface area contributed by atoms with Gasteiger partial charge in [0.2, 0.25) is 0 Å². The second kappa shape index (κ2) is 11.5. The Balaban J connectivity index is 3.94. The lowest BCUT2D eigenvalue weighted by molar-refractivity contribution is 0.278. The van der Waals surface area contributed by atoms with Crippen LogP contribution in [0, 0.1) is 0 Å². The molecule has 0 rings (SSSR count). The number of nitrogens with zero attached hydrogens (tertiary/aromatic N) is 1. The van der Waals surface area contributed by atoms with E-state index in [9.17, 15) is 0 Å². The smallest absolute Gasteiger partial charge is 0.131 e. The largest absolute Gasteiger partial charge is 0.370 e. The molecule has 10 heteroatoms. The highest BCUT2D eigenvalue weighted by Gasteiger charge is 2.04. The topological polar surface area (TPSA) is 39.3 Å². The molecule has 0 radical (unpaired) electrons. The first-order valence-corrected chi connectivity index (χ1v) is 7.61. The molecule has 0 aliphatic heterocycles. The highest BCUT2D eigenvalue weighted by atomic mass is 32.1. The van der Waals surface area contributed by atoms with Crippen LogP contribution in [0.5, 0.6) is 0 Å². The summed E-state index contributed by atoms with van der Waals surface area (Å²) in [5, 5.41) is 8.94. The number of rotatable bonds is 8. The summed E-state index contributed by atoms with van der Waals surface area (Å²) in [5.74, 6) is 0. The second-order valence-electron chi connectivity index (χ2n) is 3.22. The van der Waals surface area contributed by atoms with Gasteiger partial charge in [-0.2, -0.15) is 0 Å². The van der Waals surface area contributed by atoms with E-state index in [0.29, 0.717) is 32.7 Å². The van der Waals surface area contributed by atoms with Crippen LogP contribution in [0.2, 0.25) is 0 Å². The first kappa shape index (κ1) is 18.7. The summed E-state index contributed by atoms with van der Waals surface area (Å²) in [4.78, 5) is 2.14. The third-order valence-electron chi connectivity index (χ3n) is 1.86. The number of hydrogen-bond donors (Lipinski definition) is 6. The number of nitrogens with one attached hydrogen (secondary N) is 3. The Labute approximate surface area is 140 Å². The Kier molecular flexibility index (Phi) is 11.9. The third kappa shape index (κ3) is 13.1. The van der Waals surface area contributed by atoms with Crippen molar-refractivity contribution < 1.29 is 0 Å². The molecule has 0 fully saturated rings. The van der Waals surface area contributed by atoms with Crippen molar-refractivity contribution in [3.63, 3.8) is 0 Å². The molecule has 0 heterocycles. The van der Waals surface area contributed by atoms with Gasteiger partial charge >= 0.3 is 0 Å². The first-order valence-electron chi connectivity index (χ1n) is 5.04. The van der Waals surface area contributed by atoms with Crippen LogP contribution in [0.15, 0.2) is 0 Å². The molecule has 3 N–H and O–H groups in total. The van der Waals surface area contributed by atoms with Gasteiger partial charge in [-0.15, -0.1) is 37.9 Å². The quantitative estimate of drug-likeness (QED) is 0.216. The lowest BCUT2D eigenvalue weighted by Gasteiger charge is -2.23. The molecule has 0 amide bonds. The van der Waals surface area contributed by atoms with E-state index in [1.54, 1.807) is 0 Å². The minimum Gasteiger partial charge on any atom is -0.370 e. The van der Waals surface area contributed by atoms with Gasteiger partial charge in [0, 0.05) is 26.2 Å². The Morgan fingerprint density at radius 1 is 0.778 bits per heavy atom. The highest BCUT2D eigenvalue weighted by Crippen LogP contribution is 1.88. The molecule has 0 bridgehead atoms. The predicted molar refractivity (Wildman–Crippen MR) is 100 cm³/mol. The van der Waals surface area contributed by atoms with Crippen LogP contribution >= 0.6 is 74.5 Å². The van der Waals surface area contributed by atoms with E-state index >= 15 is 0 Å². The standard InChI is InChI=1S/C8H16N4S6/c13-6(14)9-1-3-12(5-11-8(17)18)4-2-10-7(15)16/h1-5H2,(H2,9,13,14)(H2,10,15,16)(H2,11,17,18). The molecular weight excluding hydrogens is 345 g/mol. The number of thiol groups is 3. The average molecular weight is 361 g/mol. The fraction of sp³-hybridized carbons (Fsp3) is 0.625. The predicted octanol–water partition coefficient (Wildman–Crippen LogP) is 0.659. The van der Waals surface area contributed by atoms with Crippen LogP contribution in [0.25, 0.3) is 0 Å². The molecule has 0 spiro atoms. The van der Waals surface area contributed by atoms with Crippen molar-refractivity contribution in [2.24, 2.45) is 0 Å². The van der Waals surface area contributed by atoms with E-state index in [0.717, 1.165) is 13.1 Å². The minimum atomic E-state index is 0.468.